The number of cyclic esters (lactones) is 1. The number of aliphatic hydroxyl groups excluding tert-OH is 1. The molecular weight excluding hydrogens is 336 g/mol. The molecule has 0 aromatic rings. The van der Waals surface area contributed by atoms with E-state index in [9.17, 15) is 19.5 Å². The fraction of sp³-hybridized carbons (Fsp3) is 0.737. The second kappa shape index (κ2) is 10.3. The Hall–Kier alpha value is -1.89. The number of hydrogen-bond acceptors (Lipinski definition) is 5. The molecule has 1 fully saturated rings. The molecule has 0 bridgehead atoms. The van der Waals surface area contributed by atoms with Crippen molar-refractivity contribution in [3.05, 3.63) is 12.2 Å². The van der Waals surface area contributed by atoms with Gasteiger partial charge in [-0.25, -0.2) is 0 Å². The summed E-state index contributed by atoms with van der Waals surface area (Å²) in [5, 5.41) is 12.2. The van der Waals surface area contributed by atoms with Crippen LogP contribution in [-0.2, 0) is 19.1 Å². The molecule has 2 aliphatic heterocycles. The molecule has 0 saturated carbocycles. The monoisotopic (exact) mass is 366 g/mol. The average Bonchev–Trinajstić information content (AvgIpc) is 3.09. The minimum atomic E-state index is -0.456. The van der Waals surface area contributed by atoms with Crippen LogP contribution in [0.4, 0.5) is 0 Å². The molecule has 2 aliphatic rings. The van der Waals surface area contributed by atoms with Crippen LogP contribution in [0, 0.1) is 5.92 Å². The van der Waals surface area contributed by atoms with Crippen molar-refractivity contribution in [2.45, 2.75) is 64.0 Å². The van der Waals surface area contributed by atoms with Crippen molar-refractivity contribution >= 4 is 17.8 Å². The van der Waals surface area contributed by atoms with Crippen LogP contribution in [0.15, 0.2) is 12.2 Å². The van der Waals surface area contributed by atoms with Crippen LogP contribution in [0.25, 0.3) is 0 Å². The van der Waals surface area contributed by atoms with Crippen LogP contribution in [-0.4, -0.2) is 59.6 Å². The smallest absolute Gasteiger partial charge is 0.306 e. The van der Waals surface area contributed by atoms with Crippen molar-refractivity contribution in [2.24, 2.45) is 5.92 Å². The van der Waals surface area contributed by atoms with Crippen LogP contribution in [0.3, 0.4) is 0 Å². The zero-order valence-electron chi connectivity index (χ0n) is 15.5. The van der Waals surface area contributed by atoms with Crippen LogP contribution in [0.5, 0.6) is 0 Å². The highest BCUT2D eigenvalue weighted by atomic mass is 16.5. The molecule has 0 aliphatic carbocycles. The molecule has 0 spiro atoms. The molecule has 0 radical (unpaired) electrons. The van der Waals surface area contributed by atoms with Gasteiger partial charge in [-0.05, 0) is 39.0 Å². The van der Waals surface area contributed by atoms with Crippen molar-refractivity contribution < 1.29 is 24.2 Å². The SMILES string of the molecule is CC1CNC(=O)C(CC(=O)N2CCCC2CO)CC=CCCCC(=O)O1. The fourth-order valence-corrected chi connectivity index (χ4v) is 3.42. The van der Waals surface area contributed by atoms with Crippen molar-refractivity contribution in [1.82, 2.24) is 10.2 Å². The number of nitrogens with one attached hydrogen (secondary N) is 1. The third-order valence-corrected chi connectivity index (χ3v) is 4.94. The number of nitrogens with zero attached hydrogens (tertiary/aromatic N) is 1. The Labute approximate surface area is 154 Å². The van der Waals surface area contributed by atoms with Crippen LogP contribution >= 0.6 is 0 Å². The lowest BCUT2D eigenvalue weighted by Crippen LogP contribution is -2.42. The molecule has 2 amide bonds. The van der Waals surface area contributed by atoms with Crippen molar-refractivity contribution in [3.63, 3.8) is 0 Å². The van der Waals surface area contributed by atoms with E-state index in [1.165, 1.54) is 0 Å². The van der Waals surface area contributed by atoms with Gasteiger partial charge in [-0.2, -0.15) is 0 Å². The molecule has 26 heavy (non-hydrogen) atoms. The van der Waals surface area contributed by atoms with Gasteiger partial charge in [0.15, 0.2) is 0 Å². The quantitative estimate of drug-likeness (QED) is 0.577. The first-order valence-corrected chi connectivity index (χ1v) is 9.53. The summed E-state index contributed by atoms with van der Waals surface area (Å²) in [6.07, 6.45) is 7.58. The van der Waals surface area contributed by atoms with E-state index in [0.29, 0.717) is 25.8 Å². The van der Waals surface area contributed by atoms with Crippen LogP contribution < -0.4 is 5.32 Å². The van der Waals surface area contributed by atoms with Gasteiger partial charge < -0.3 is 20.1 Å². The molecule has 3 unspecified atom stereocenters. The minimum Gasteiger partial charge on any atom is -0.461 e. The van der Waals surface area contributed by atoms with Crippen LogP contribution in [0.1, 0.15) is 51.9 Å². The van der Waals surface area contributed by atoms with E-state index in [-0.39, 0.29) is 43.4 Å². The lowest BCUT2D eigenvalue weighted by molar-refractivity contribution is -0.148. The second-order valence-electron chi connectivity index (χ2n) is 7.11. The number of carbonyl (C=O) groups excluding carboxylic acids is 3. The lowest BCUT2D eigenvalue weighted by atomic mass is 9.98. The van der Waals surface area contributed by atoms with Gasteiger partial charge in [-0.3, -0.25) is 14.4 Å². The van der Waals surface area contributed by atoms with E-state index < -0.39 is 12.0 Å². The number of hydrogen-bond donors (Lipinski definition) is 2. The number of amides is 2. The summed E-state index contributed by atoms with van der Waals surface area (Å²) in [6.45, 7) is 2.58. The van der Waals surface area contributed by atoms with Crippen molar-refractivity contribution in [3.8, 4) is 0 Å². The van der Waals surface area contributed by atoms with Gasteiger partial charge in [0.05, 0.1) is 25.1 Å². The molecule has 1 saturated heterocycles. The predicted molar refractivity (Wildman–Crippen MR) is 96.1 cm³/mol. The van der Waals surface area contributed by atoms with Gasteiger partial charge in [-0.15, -0.1) is 0 Å². The highest BCUT2D eigenvalue weighted by Gasteiger charge is 2.31. The fourth-order valence-electron chi connectivity index (χ4n) is 3.42. The summed E-state index contributed by atoms with van der Waals surface area (Å²) in [4.78, 5) is 38.5. The molecular formula is C19H30N2O5. The van der Waals surface area contributed by atoms with E-state index >= 15 is 0 Å². The summed E-state index contributed by atoms with van der Waals surface area (Å²) >= 11 is 0. The van der Waals surface area contributed by atoms with Gasteiger partial charge in [0, 0.05) is 19.4 Å². The maximum absolute atomic E-state index is 12.6. The second-order valence-corrected chi connectivity index (χ2v) is 7.11. The highest BCUT2D eigenvalue weighted by molar-refractivity contribution is 5.86. The van der Waals surface area contributed by atoms with Crippen LogP contribution in [0.2, 0.25) is 0 Å². The Bertz CT molecular complexity index is 534. The first kappa shape index (κ1) is 20.4. The number of allylic oxidation sites excluding steroid dienone is 2. The Morgan fingerprint density at radius 1 is 1.35 bits per heavy atom. The number of likely N-dealkylation sites (tertiary alicyclic amines) is 1. The van der Waals surface area contributed by atoms with Gasteiger partial charge in [0.1, 0.15) is 6.10 Å². The summed E-state index contributed by atoms with van der Waals surface area (Å²) in [6, 6.07) is -0.129. The Kier molecular flexibility index (Phi) is 8.09. The Morgan fingerprint density at radius 3 is 2.92 bits per heavy atom. The maximum atomic E-state index is 12.6. The van der Waals surface area contributed by atoms with Crippen molar-refractivity contribution in [2.75, 3.05) is 19.7 Å². The molecule has 7 nitrogen and oxygen atoms in total. The van der Waals surface area contributed by atoms with Gasteiger partial charge in [-0.1, -0.05) is 12.2 Å². The number of esters is 1. The Morgan fingerprint density at radius 2 is 2.15 bits per heavy atom. The normalized spacial score (nSPS) is 28.5. The third-order valence-electron chi connectivity index (χ3n) is 4.94. The summed E-state index contributed by atoms with van der Waals surface area (Å²) < 4.78 is 5.26. The summed E-state index contributed by atoms with van der Waals surface area (Å²) in [7, 11) is 0. The molecule has 0 aromatic heterocycles. The van der Waals surface area contributed by atoms with Gasteiger partial charge in [0.25, 0.3) is 0 Å². The zero-order chi connectivity index (χ0) is 18.9. The van der Waals surface area contributed by atoms with E-state index in [2.05, 4.69) is 5.32 Å². The standard InChI is InChI=1S/C19H30N2O5/c1-14-12-20-19(25)15(7-4-2-3-5-9-18(24)26-14)11-17(23)21-10-6-8-16(21)13-22/h2,4,14-16,22H,3,5-13H2,1H3,(H,20,25). The molecule has 3 atom stereocenters. The summed E-state index contributed by atoms with van der Waals surface area (Å²) in [5.41, 5.74) is 0. The minimum absolute atomic E-state index is 0.0363. The van der Waals surface area contributed by atoms with Gasteiger partial charge >= 0.3 is 5.97 Å². The van der Waals surface area contributed by atoms with Gasteiger partial charge in [0.2, 0.25) is 11.8 Å². The first-order chi connectivity index (χ1) is 12.5. The molecule has 0 aromatic carbocycles. The number of ether oxygens (including phenoxy) is 1. The van der Waals surface area contributed by atoms with E-state index in [0.717, 1.165) is 19.3 Å². The number of carbonyl (C=O) groups is 3. The van der Waals surface area contributed by atoms with E-state index in [1.807, 2.05) is 12.2 Å². The molecule has 7 heteroatoms. The van der Waals surface area contributed by atoms with E-state index in [1.54, 1.807) is 11.8 Å². The Balaban J connectivity index is 2.00. The lowest BCUT2D eigenvalue weighted by Gasteiger charge is -2.25. The first-order valence-electron chi connectivity index (χ1n) is 9.53. The maximum Gasteiger partial charge on any atom is 0.306 e. The molecule has 2 rings (SSSR count). The topological polar surface area (TPSA) is 95.9 Å². The van der Waals surface area contributed by atoms with Crippen molar-refractivity contribution in [1.29, 1.82) is 0 Å². The summed E-state index contributed by atoms with van der Waals surface area (Å²) in [5.74, 6) is -0.999. The molecule has 2 heterocycles. The zero-order valence-corrected chi connectivity index (χ0v) is 15.5. The number of rotatable bonds is 3. The highest BCUT2D eigenvalue weighted by Crippen LogP contribution is 2.21. The predicted octanol–water partition coefficient (Wildman–Crippen LogP) is 1.15. The average molecular weight is 366 g/mol. The molecule has 146 valence electrons. The van der Waals surface area contributed by atoms with E-state index in [4.69, 9.17) is 4.74 Å². The molecule has 2 N–H and O–H groups in total. The largest absolute Gasteiger partial charge is 0.461 e. The third kappa shape index (κ3) is 6.12. The number of aliphatic hydroxyl groups is 1.